The van der Waals surface area contributed by atoms with Gasteiger partial charge in [0, 0.05) is 10.3 Å². The second-order valence-corrected chi connectivity index (χ2v) is 3.73. The first-order valence-corrected chi connectivity index (χ1v) is 6.54. The van der Waals surface area contributed by atoms with Crippen molar-refractivity contribution >= 4 is 22.4 Å². The highest BCUT2D eigenvalue weighted by Crippen LogP contribution is 2.22. The molecule has 0 aliphatic rings. The zero-order valence-electron chi connectivity index (χ0n) is 10.7. The van der Waals surface area contributed by atoms with Gasteiger partial charge in [-0.05, 0) is 36.2 Å². The topological polar surface area (TPSA) is 33.1 Å². The number of aliphatic hydroxyl groups is 1. The molecule has 1 heterocycles. The highest BCUT2D eigenvalue weighted by atomic mass is 32.1. The molecule has 0 amide bonds. The first kappa shape index (κ1) is 15.1. The van der Waals surface area contributed by atoms with Crippen LogP contribution >= 0.6 is 11.5 Å². The monoisotopic (exact) mass is 239 g/mol. The third-order valence-corrected chi connectivity index (χ3v) is 2.69. The smallest absolute Gasteiger partial charge is 0.0843 e. The van der Waals surface area contributed by atoms with Crippen LogP contribution in [0.25, 0.3) is 10.9 Å². The van der Waals surface area contributed by atoms with Crippen LogP contribution in [0.4, 0.5) is 0 Å². The Kier molecular flexibility index (Phi) is 7.77. The lowest BCUT2D eigenvalue weighted by Gasteiger charge is -1.94. The molecule has 1 aromatic heterocycles. The number of nitrogens with zero attached hydrogens (tertiary/aromatic N) is 1. The minimum atomic E-state index is 0.102. The Hall–Kier alpha value is -0.930. The lowest BCUT2D eigenvalue weighted by atomic mass is 10.1. The molecule has 2 nitrogen and oxygen atoms in total. The summed E-state index contributed by atoms with van der Waals surface area (Å²) in [5.74, 6) is 0. The average molecular weight is 239 g/mol. The summed E-state index contributed by atoms with van der Waals surface area (Å²) < 4.78 is 4.25. The number of benzene rings is 1. The molecule has 2 rings (SSSR count). The summed E-state index contributed by atoms with van der Waals surface area (Å²) in [6, 6.07) is 5.85. The third-order valence-electron chi connectivity index (χ3n) is 1.90. The molecular weight excluding hydrogens is 218 g/mol. The summed E-state index contributed by atoms with van der Waals surface area (Å²) in [5, 5.41) is 10.1. The maximum Gasteiger partial charge on any atom is 0.0843 e. The van der Waals surface area contributed by atoms with Gasteiger partial charge in [0.05, 0.1) is 12.1 Å². The summed E-state index contributed by atoms with van der Waals surface area (Å²) in [7, 11) is 0. The van der Waals surface area contributed by atoms with Gasteiger partial charge in [-0.15, -0.1) is 0 Å². The SMILES string of the molecule is CC.CC.Cc1snc2ccc(CO)cc12. The van der Waals surface area contributed by atoms with Crippen LogP contribution in [-0.2, 0) is 6.61 Å². The molecule has 16 heavy (non-hydrogen) atoms. The molecule has 0 aliphatic carbocycles. The van der Waals surface area contributed by atoms with Crippen molar-refractivity contribution in [3.8, 4) is 0 Å². The number of aromatic nitrogens is 1. The summed E-state index contributed by atoms with van der Waals surface area (Å²) >= 11 is 1.51. The average Bonchev–Trinajstić information content (AvgIpc) is 2.75. The van der Waals surface area contributed by atoms with E-state index in [1.807, 2.05) is 52.8 Å². The molecule has 3 heteroatoms. The Balaban J connectivity index is 0.000000509. The molecule has 0 saturated carbocycles. The van der Waals surface area contributed by atoms with Gasteiger partial charge in [-0.3, -0.25) is 0 Å². The van der Waals surface area contributed by atoms with Gasteiger partial charge < -0.3 is 5.11 Å². The number of hydrogen-bond acceptors (Lipinski definition) is 3. The van der Waals surface area contributed by atoms with E-state index in [4.69, 9.17) is 5.11 Å². The molecule has 2 aromatic rings. The van der Waals surface area contributed by atoms with Crippen LogP contribution in [0.3, 0.4) is 0 Å². The number of aliphatic hydroxyl groups excluding tert-OH is 1. The van der Waals surface area contributed by atoms with E-state index in [-0.39, 0.29) is 6.61 Å². The number of hydrogen-bond donors (Lipinski definition) is 1. The molecule has 0 radical (unpaired) electrons. The van der Waals surface area contributed by atoms with Crippen LogP contribution < -0.4 is 0 Å². The van der Waals surface area contributed by atoms with Crippen molar-refractivity contribution in [2.45, 2.75) is 41.2 Å². The summed E-state index contributed by atoms with van der Waals surface area (Å²) in [5.41, 5.74) is 1.97. The quantitative estimate of drug-likeness (QED) is 0.811. The molecule has 0 spiro atoms. The van der Waals surface area contributed by atoms with E-state index >= 15 is 0 Å². The molecule has 1 aromatic carbocycles. The van der Waals surface area contributed by atoms with E-state index in [1.54, 1.807) is 0 Å². The maximum atomic E-state index is 8.91. The van der Waals surface area contributed by atoms with E-state index in [0.717, 1.165) is 16.5 Å². The molecule has 1 N–H and O–H groups in total. The molecule has 0 fully saturated rings. The Bertz CT molecular complexity index is 409. The lowest BCUT2D eigenvalue weighted by Crippen LogP contribution is -1.81. The van der Waals surface area contributed by atoms with Crippen molar-refractivity contribution in [3.63, 3.8) is 0 Å². The summed E-state index contributed by atoms with van der Waals surface area (Å²) in [6.07, 6.45) is 0. The molecule has 0 unspecified atom stereocenters. The number of fused-ring (bicyclic) bond motifs is 1. The van der Waals surface area contributed by atoms with Gasteiger partial charge in [0.2, 0.25) is 0 Å². The number of rotatable bonds is 1. The van der Waals surface area contributed by atoms with Gasteiger partial charge in [-0.1, -0.05) is 33.8 Å². The largest absolute Gasteiger partial charge is 0.392 e. The van der Waals surface area contributed by atoms with E-state index in [0.29, 0.717) is 0 Å². The van der Waals surface area contributed by atoms with Gasteiger partial charge in [-0.2, -0.15) is 4.37 Å². The Morgan fingerprint density at radius 2 is 1.81 bits per heavy atom. The van der Waals surface area contributed by atoms with E-state index < -0.39 is 0 Å². The molecule has 0 atom stereocenters. The minimum Gasteiger partial charge on any atom is -0.392 e. The second-order valence-electron chi connectivity index (χ2n) is 2.75. The molecule has 90 valence electrons. The lowest BCUT2D eigenvalue weighted by molar-refractivity contribution is 0.282. The van der Waals surface area contributed by atoms with Gasteiger partial charge in [-0.25, -0.2) is 0 Å². The summed E-state index contributed by atoms with van der Waals surface area (Å²) in [6.45, 7) is 10.1. The highest BCUT2D eigenvalue weighted by molar-refractivity contribution is 7.07. The number of aryl methyl sites for hydroxylation is 1. The zero-order valence-corrected chi connectivity index (χ0v) is 11.6. The molecule has 0 bridgehead atoms. The first-order chi connectivity index (χ1) is 7.81. The predicted molar refractivity (Wildman–Crippen MR) is 73.0 cm³/mol. The standard InChI is InChI=1S/C9H9NOS.2C2H6/c1-6-8-4-7(5-11)2-3-9(8)10-12-6;2*1-2/h2-4,11H,5H2,1H3;2*1-2H3. The Morgan fingerprint density at radius 1 is 1.19 bits per heavy atom. The van der Waals surface area contributed by atoms with Gasteiger partial charge in [0.15, 0.2) is 0 Å². The fourth-order valence-corrected chi connectivity index (χ4v) is 1.87. The molecule has 0 aliphatic heterocycles. The van der Waals surface area contributed by atoms with Crippen molar-refractivity contribution in [3.05, 3.63) is 28.6 Å². The second kappa shape index (κ2) is 8.25. The van der Waals surface area contributed by atoms with Crippen LogP contribution in [0.5, 0.6) is 0 Å². The van der Waals surface area contributed by atoms with E-state index in [9.17, 15) is 0 Å². The minimum absolute atomic E-state index is 0.102. The van der Waals surface area contributed by atoms with Crippen LogP contribution in [-0.4, -0.2) is 9.48 Å². The Labute approximate surface area is 102 Å². The normalized spacial score (nSPS) is 8.88. The first-order valence-electron chi connectivity index (χ1n) is 5.77. The van der Waals surface area contributed by atoms with Crippen LogP contribution in [0.2, 0.25) is 0 Å². The van der Waals surface area contributed by atoms with Crippen molar-refractivity contribution in [1.29, 1.82) is 0 Å². The zero-order chi connectivity index (χ0) is 12.6. The highest BCUT2D eigenvalue weighted by Gasteiger charge is 2.01. The van der Waals surface area contributed by atoms with Gasteiger partial charge in [0.25, 0.3) is 0 Å². The van der Waals surface area contributed by atoms with Crippen LogP contribution in [0, 0.1) is 6.92 Å². The summed E-state index contributed by atoms with van der Waals surface area (Å²) in [4.78, 5) is 1.21. The van der Waals surface area contributed by atoms with Crippen molar-refractivity contribution < 1.29 is 5.11 Å². The van der Waals surface area contributed by atoms with Crippen molar-refractivity contribution in [1.82, 2.24) is 4.37 Å². The van der Waals surface area contributed by atoms with Crippen LogP contribution in [0.1, 0.15) is 38.1 Å². The molecule has 0 saturated heterocycles. The maximum absolute atomic E-state index is 8.91. The fraction of sp³-hybridized carbons (Fsp3) is 0.462. The van der Waals surface area contributed by atoms with Crippen molar-refractivity contribution in [2.75, 3.05) is 0 Å². The van der Waals surface area contributed by atoms with E-state index in [2.05, 4.69) is 4.37 Å². The van der Waals surface area contributed by atoms with Gasteiger partial charge >= 0.3 is 0 Å². The predicted octanol–water partition coefficient (Wildman–Crippen LogP) is 4.15. The van der Waals surface area contributed by atoms with Gasteiger partial charge in [0.1, 0.15) is 0 Å². The fourth-order valence-electron chi connectivity index (χ4n) is 1.21. The third kappa shape index (κ3) is 3.58. The Morgan fingerprint density at radius 3 is 2.38 bits per heavy atom. The van der Waals surface area contributed by atoms with Crippen molar-refractivity contribution in [2.24, 2.45) is 0 Å². The molecular formula is C13H21NOS. The van der Waals surface area contributed by atoms with E-state index in [1.165, 1.54) is 16.4 Å². The van der Waals surface area contributed by atoms with Crippen LogP contribution in [0.15, 0.2) is 18.2 Å².